The van der Waals surface area contributed by atoms with Gasteiger partial charge in [0.15, 0.2) is 30.5 Å². The van der Waals surface area contributed by atoms with Gasteiger partial charge in [-0.2, -0.15) is 0 Å². The number of piperazine rings is 1. The van der Waals surface area contributed by atoms with E-state index in [4.69, 9.17) is 18.6 Å². The van der Waals surface area contributed by atoms with Gasteiger partial charge in [0.05, 0.1) is 13.4 Å². The van der Waals surface area contributed by atoms with Gasteiger partial charge in [-0.15, -0.1) is 0 Å². The number of nitrogens with zero attached hydrogens (tertiary/aromatic N) is 2. The molecule has 3 rings (SSSR count). The molecule has 2 aromatic rings. The molecule has 0 N–H and O–H groups in total. The van der Waals surface area contributed by atoms with E-state index in [1.54, 1.807) is 34.1 Å². The molecule has 1 aromatic heterocycles. The summed E-state index contributed by atoms with van der Waals surface area (Å²) in [6, 6.07) is 8.59. The molecular weight excluding hydrogens is 416 g/mol. The monoisotopic (exact) mass is 442 g/mol. The average Bonchev–Trinajstić information content (AvgIpc) is 3.36. The number of carbonyl (C=O) groups is 3. The SMILES string of the molecule is CC=Cc1ccc(OCC(=O)OCC(=O)N2CCN(C(=O)c3ccco3)CC2)c(OC)c1. The van der Waals surface area contributed by atoms with E-state index < -0.39 is 5.97 Å². The number of hydrogen-bond acceptors (Lipinski definition) is 7. The Balaban J connectivity index is 1.41. The highest BCUT2D eigenvalue weighted by Crippen LogP contribution is 2.28. The lowest BCUT2D eigenvalue weighted by atomic mass is 10.2. The summed E-state index contributed by atoms with van der Waals surface area (Å²) in [5, 5.41) is 0. The largest absolute Gasteiger partial charge is 0.493 e. The van der Waals surface area contributed by atoms with Crippen LogP contribution in [0.1, 0.15) is 23.0 Å². The molecule has 1 aromatic carbocycles. The summed E-state index contributed by atoms with van der Waals surface area (Å²) in [6.45, 7) is 2.65. The maximum atomic E-state index is 12.3. The molecule has 9 heteroatoms. The molecule has 1 fully saturated rings. The number of hydrogen-bond donors (Lipinski definition) is 0. The highest BCUT2D eigenvalue weighted by Gasteiger charge is 2.26. The summed E-state index contributed by atoms with van der Waals surface area (Å²) >= 11 is 0. The molecule has 1 aliphatic rings. The van der Waals surface area contributed by atoms with E-state index in [1.807, 2.05) is 25.1 Å². The van der Waals surface area contributed by atoms with Crippen molar-refractivity contribution in [1.29, 1.82) is 0 Å². The van der Waals surface area contributed by atoms with Crippen LogP contribution in [0.25, 0.3) is 6.08 Å². The van der Waals surface area contributed by atoms with Crippen LogP contribution in [0.3, 0.4) is 0 Å². The Morgan fingerprint density at radius 3 is 2.44 bits per heavy atom. The molecule has 0 bridgehead atoms. The number of rotatable bonds is 8. The Labute approximate surface area is 186 Å². The molecule has 1 aliphatic heterocycles. The Morgan fingerprint density at radius 1 is 1.03 bits per heavy atom. The van der Waals surface area contributed by atoms with Crippen LogP contribution in [0.15, 0.2) is 47.1 Å². The number of esters is 1. The second kappa shape index (κ2) is 11.0. The zero-order valence-electron chi connectivity index (χ0n) is 18.1. The van der Waals surface area contributed by atoms with Crippen molar-refractivity contribution in [3.05, 3.63) is 54.0 Å². The molecule has 0 saturated carbocycles. The molecule has 9 nitrogen and oxygen atoms in total. The van der Waals surface area contributed by atoms with Crippen LogP contribution in [0.4, 0.5) is 0 Å². The van der Waals surface area contributed by atoms with E-state index in [0.717, 1.165) is 5.56 Å². The van der Waals surface area contributed by atoms with E-state index in [9.17, 15) is 14.4 Å². The van der Waals surface area contributed by atoms with Gasteiger partial charge in [0.1, 0.15) is 0 Å². The van der Waals surface area contributed by atoms with Gasteiger partial charge in [0.2, 0.25) is 0 Å². The summed E-state index contributed by atoms with van der Waals surface area (Å²) in [5.74, 6) is -0.0271. The third-order valence-corrected chi connectivity index (χ3v) is 4.90. The first-order valence-corrected chi connectivity index (χ1v) is 10.2. The van der Waals surface area contributed by atoms with E-state index in [1.165, 1.54) is 13.4 Å². The normalized spacial score (nSPS) is 13.8. The molecule has 0 unspecified atom stereocenters. The molecular formula is C23H26N2O7. The second-order valence-corrected chi connectivity index (χ2v) is 7.01. The van der Waals surface area contributed by atoms with Crippen LogP contribution < -0.4 is 9.47 Å². The van der Waals surface area contributed by atoms with Gasteiger partial charge in [-0.25, -0.2) is 4.79 Å². The molecule has 1 saturated heterocycles. The molecule has 170 valence electrons. The van der Waals surface area contributed by atoms with Crippen LogP contribution in [0, 0.1) is 0 Å². The van der Waals surface area contributed by atoms with Crippen molar-refractivity contribution < 1.29 is 33.0 Å². The van der Waals surface area contributed by atoms with Crippen molar-refractivity contribution in [2.45, 2.75) is 6.92 Å². The summed E-state index contributed by atoms with van der Waals surface area (Å²) in [7, 11) is 1.51. The van der Waals surface area contributed by atoms with E-state index in [0.29, 0.717) is 37.7 Å². The van der Waals surface area contributed by atoms with Gasteiger partial charge in [-0.1, -0.05) is 18.2 Å². The lowest BCUT2D eigenvalue weighted by Crippen LogP contribution is -2.51. The number of furan rings is 1. The number of carbonyl (C=O) groups excluding carboxylic acids is 3. The van der Waals surface area contributed by atoms with Crippen LogP contribution in [0.2, 0.25) is 0 Å². The van der Waals surface area contributed by atoms with Crippen LogP contribution in [0.5, 0.6) is 11.5 Å². The van der Waals surface area contributed by atoms with Crippen molar-refractivity contribution in [2.75, 3.05) is 46.5 Å². The lowest BCUT2D eigenvalue weighted by molar-refractivity contribution is -0.154. The number of ether oxygens (including phenoxy) is 3. The minimum atomic E-state index is -0.662. The number of amides is 2. The first-order chi connectivity index (χ1) is 15.5. The van der Waals surface area contributed by atoms with E-state index in [-0.39, 0.29) is 30.8 Å². The third-order valence-electron chi connectivity index (χ3n) is 4.90. The maximum absolute atomic E-state index is 12.3. The number of benzene rings is 1. The predicted octanol–water partition coefficient (Wildman–Crippen LogP) is 2.23. The quantitative estimate of drug-likeness (QED) is 0.578. The Kier molecular flexibility index (Phi) is 7.91. The van der Waals surface area contributed by atoms with E-state index in [2.05, 4.69) is 0 Å². The van der Waals surface area contributed by atoms with Crippen molar-refractivity contribution >= 4 is 23.9 Å². The second-order valence-electron chi connectivity index (χ2n) is 7.01. The van der Waals surface area contributed by atoms with Crippen molar-refractivity contribution in [3.63, 3.8) is 0 Å². The van der Waals surface area contributed by atoms with Gasteiger partial charge in [0, 0.05) is 26.2 Å². The molecule has 2 amide bonds. The summed E-state index contributed by atoms with van der Waals surface area (Å²) < 4.78 is 20.9. The maximum Gasteiger partial charge on any atom is 0.344 e. The topological polar surface area (TPSA) is 98.5 Å². The smallest absolute Gasteiger partial charge is 0.344 e. The van der Waals surface area contributed by atoms with Crippen LogP contribution in [-0.2, 0) is 14.3 Å². The minimum absolute atomic E-state index is 0.208. The highest BCUT2D eigenvalue weighted by molar-refractivity contribution is 5.91. The fourth-order valence-electron chi connectivity index (χ4n) is 3.23. The van der Waals surface area contributed by atoms with Crippen molar-refractivity contribution in [1.82, 2.24) is 9.80 Å². The highest BCUT2D eigenvalue weighted by atomic mass is 16.6. The molecule has 0 spiro atoms. The Morgan fingerprint density at radius 2 is 1.78 bits per heavy atom. The van der Waals surface area contributed by atoms with Gasteiger partial charge in [0.25, 0.3) is 11.8 Å². The molecule has 0 atom stereocenters. The van der Waals surface area contributed by atoms with Gasteiger partial charge < -0.3 is 28.4 Å². The van der Waals surface area contributed by atoms with Gasteiger partial charge >= 0.3 is 5.97 Å². The molecule has 0 radical (unpaired) electrons. The summed E-state index contributed by atoms with van der Waals surface area (Å²) in [4.78, 5) is 39.8. The van der Waals surface area contributed by atoms with Crippen molar-refractivity contribution in [2.24, 2.45) is 0 Å². The fourth-order valence-corrected chi connectivity index (χ4v) is 3.23. The van der Waals surface area contributed by atoms with Crippen LogP contribution >= 0.6 is 0 Å². The first-order valence-electron chi connectivity index (χ1n) is 10.2. The molecule has 2 heterocycles. The third kappa shape index (κ3) is 5.90. The van der Waals surface area contributed by atoms with Gasteiger partial charge in [-0.05, 0) is 36.8 Å². The number of allylic oxidation sites excluding steroid dienone is 1. The zero-order chi connectivity index (χ0) is 22.9. The number of methoxy groups -OCH3 is 1. The van der Waals surface area contributed by atoms with Crippen LogP contribution in [-0.4, -0.2) is 74.1 Å². The predicted molar refractivity (Wildman–Crippen MR) is 115 cm³/mol. The summed E-state index contributed by atoms with van der Waals surface area (Å²) in [5.41, 5.74) is 0.941. The minimum Gasteiger partial charge on any atom is -0.493 e. The first kappa shape index (κ1) is 22.9. The zero-order valence-corrected chi connectivity index (χ0v) is 18.1. The lowest BCUT2D eigenvalue weighted by Gasteiger charge is -2.34. The van der Waals surface area contributed by atoms with E-state index >= 15 is 0 Å². The summed E-state index contributed by atoms with van der Waals surface area (Å²) in [6.07, 6.45) is 5.26. The Hall–Kier alpha value is -3.75. The molecule has 0 aliphatic carbocycles. The fraction of sp³-hybridized carbons (Fsp3) is 0.348. The standard InChI is InChI=1S/C23H26N2O7/c1-3-5-17-7-8-18(20(14-17)29-2)31-16-22(27)32-15-21(26)24-9-11-25(12-10-24)23(28)19-6-4-13-30-19/h3-8,13-14H,9-12,15-16H2,1-2H3. The molecule has 32 heavy (non-hydrogen) atoms. The Bertz CT molecular complexity index is 961. The van der Waals surface area contributed by atoms with Crippen molar-refractivity contribution in [3.8, 4) is 11.5 Å². The average molecular weight is 442 g/mol. The van der Waals surface area contributed by atoms with Gasteiger partial charge in [-0.3, -0.25) is 9.59 Å².